The van der Waals surface area contributed by atoms with Crippen molar-refractivity contribution in [1.29, 1.82) is 0 Å². The molecule has 1 heterocycles. The second-order valence-electron chi connectivity index (χ2n) is 3.98. The van der Waals surface area contributed by atoms with Gasteiger partial charge in [-0.05, 0) is 23.8 Å². The van der Waals surface area contributed by atoms with E-state index in [1.165, 1.54) is 12.4 Å². The molecule has 0 unspecified atom stereocenters. The van der Waals surface area contributed by atoms with Crippen LogP contribution in [0.3, 0.4) is 0 Å². The van der Waals surface area contributed by atoms with Gasteiger partial charge in [-0.3, -0.25) is 5.10 Å². The molecule has 106 valence electrons. The van der Waals surface area contributed by atoms with Gasteiger partial charge in [-0.2, -0.15) is 5.10 Å². The lowest BCUT2D eigenvalue weighted by atomic mass is 10.2. The largest absolute Gasteiger partial charge is 0.263 e. The van der Waals surface area contributed by atoms with Gasteiger partial charge >= 0.3 is 0 Å². The molecule has 2 rings (SSSR count). The Morgan fingerprint density at radius 1 is 1.30 bits per heavy atom. The van der Waals surface area contributed by atoms with E-state index in [1.807, 2.05) is 0 Å². The van der Waals surface area contributed by atoms with Crippen LogP contribution in [0.1, 0.15) is 11.4 Å². The minimum absolute atomic E-state index is 0.252. The molecule has 0 saturated carbocycles. The number of sulfonamides is 1. The number of hydrogen-bond donors (Lipinski definition) is 2. The summed E-state index contributed by atoms with van der Waals surface area (Å²) in [7, 11) is -3.47. The van der Waals surface area contributed by atoms with Gasteiger partial charge in [0, 0.05) is 23.4 Å². The maximum Gasteiger partial charge on any atom is 0.233 e. The Morgan fingerprint density at radius 3 is 2.70 bits per heavy atom. The monoisotopic (exact) mass is 312 g/mol. The number of H-pyrrole nitrogens is 1. The van der Waals surface area contributed by atoms with Crippen molar-refractivity contribution in [2.45, 2.75) is 6.42 Å². The van der Waals surface area contributed by atoms with Crippen LogP contribution in [0.5, 0.6) is 0 Å². The summed E-state index contributed by atoms with van der Waals surface area (Å²) in [6.45, 7) is 0.252. The molecular formula is C12H13ClN4O2S. The molecule has 0 saturated heterocycles. The first kappa shape index (κ1) is 14.7. The minimum Gasteiger partial charge on any atom is -0.263 e. The van der Waals surface area contributed by atoms with E-state index in [-0.39, 0.29) is 6.54 Å². The smallest absolute Gasteiger partial charge is 0.233 e. The van der Waals surface area contributed by atoms with Gasteiger partial charge in [0.1, 0.15) is 12.2 Å². The highest BCUT2D eigenvalue weighted by atomic mass is 35.5. The van der Waals surface area contributed by atoms with Crippen LogP contribution in [-0.2, 0) is 16.4 Å². The molecule has 2 aromatic rings. The van der Waals surface area contributed by atoms with Crippen molar-refractivity contribution in [3.63, 3.8) is 0 Å². The molecule has 8 heteroatoms. The van der Waals surface area contributed by atoms with Crippen LogP contribution < -0.4 is 4.72 Å². The van der Waals surface area contributed by atoms with Gasteiger partial charge in [0.15, 0.2) is 0 Å². The molecule has 0 fully saturated rings. The Hall–Kier alpha value is -1.70. The molecule has 0 aliphatic rings. The number of halogens is 1. The highest BCUT2D eigenvalue weighted by Gasteiger charge is 2.05. The molecule has 0 radical (unpaired) electrons. The van der Waals surface area contributed by atoms with Crippen molar-refractivity contribution >= 4 is 27.7 Å². The van der Waals surface area contributed by atoms with Crippen molar-refractivity contribution in [3.05, 3.63) is 52.4 Å². The van der Waals surface area contributed by atoms with Crippen LogP contribution in [0.4, 0.5) is 0 Å². The SMILES string of the molecule is O=S(=O)(C=Cc1ccc(Cl)cc1)NCCc1ncn[nH]1. The predicted octanol–water partition coefficient (Wildman–Crippen LogP) is 1.59. The zero-order valence-corrected chi connectivity index (χ0v) is 12.0. The van der Waals surface area contributed by atoms with Crippen LogP contribution in [-0.4, -0.2) is 30.1 Å². The summed E-state index contributed by atoms with van der Waals surface area (Å²) >= 11 is 5.75. The number of nitrogens with one attached hydrogen (secondary N) is 2. The average Bonchev–Trinajstić information content (AvgIpc) is 2.91. The van der Waals surface area contributed by atoms with Crippen molar-refractivity contribution in [2.24, 2.45) is 0 Å². The van der Waals surface area contributed by atoms with Crippen molar-refractivity contribution < 1.29 is 8.42 Å². The average molecular weight is 313 g/mol. The maximum atomic E-state index is 11.7. The Kier molecular flexibility index (Phi) is 4.89. The Bertz CT molecular complexity index is 666. The Morgan fingerprint density at radius 2 is 2.05 bits per heavy atom. The van der Waals surface area contributed by atoms with Crippen molar-refractivity contribution in [1.82, 2.24) is 19.9 Å². The summed E-state index contributed by atoms with van der Waals surface area (Å²) < 4.78 is 25.9. The van der Waals surface area contributed by atoms with E-state index >= 15 is 0 Å². The summed E-state index contributed by atoms with van der Waals surface area (Å²) in [6.07, 6.45) is 3.34. The van der Waals surface area contributed by atoms with Gasteiger partial charge in [-0.25, -0.2) is 18.1 Å². The van der Waals surface area contributed by atoms with Crippen LogP contribution >= 0.6 is 11.6 Å². The molecule has 6 nitrogen and oxygen atoms in total. The second kappa shape index (κ2) is 6.65. The molecule has 2 N–H and O–H groups in total. The lowest BCUT2D eigenvalue weighted by Crippen LogP contribution is -2.24. The van der Waals surface area contributed by atoms with Gasteiger partial charge in [-0.15, -0.1) is 0 Å². The van der Waals surface area contributed by atoms with E-state index in [9.17, 15) is 8.42 Å². The van der Waals surface area contributed by atoms with Crippen molar-refractivity contribution in [2.75, 3.05) is 6.54 Å². The van der Waals surface area contributed by atoms with E-state index in [0.29, 0.717) is 17.3 Å². The molecule has 1 aromatic carbocycles. The van der Waals surface area contributed by atoms with E-state index in [1.54, 1.807) is 24.3 Å². The lowest BCUT2D eigenvalue weighted by molar-refractivity contribution is 0.590. The zero-order chi connectivity index (χ0) is 14.4. The highest BCUT2D eigenvalue weighted by Crippen LogP contribution is 2.11. The van der Waals surface area contributed by atoms with E-state index < -0.39 is 10.0 Å². The highest BCUT2D eigenvalue weighted by molar-refractivity contribution is 7.92. The van der Waals surface area contributed by atoms with Gasteiger partial charge in [0.2, 0.25) is 10.0 Å². The molecule has 0 aliphatic heterocycles. The third kappa shape index (κ3) is 4.76. The summed E-state index contributed by atoms with van der Waals surface area (Å²) in [5, 5.41) is 8.07. The minimum atomic E-state index is -3.47. The Balaban J connectivity index is 1.88. The van der Waals surface area contributed by atoms with Crippen LogP contribution in [0, 0.1) is 0 Å². The third-order valence-electron chi connectivity index (χ3n) is 2.44. The fourth-order valence-electron chi connectivity index (χ4n) is 1.45. The summed E-state index contributed by atoms with van der Waals surface area (Å²) in [5.41, 5.74) is 0.759. The van der Waals surface area contributed by atoms with Gasteiger partial charge < -0.3 is 0 Å². The van der Waals surface area contributed by atoms with Gasteiger partial charge in [-0.1, -0.05) is 23.7 Å². The molecule has 20 heavy (non-hydrogen) atoms. The maximum absolute atomic E-state index is 11.7. The van der Waals surface area contributed by atoms with E-state index in [4.69, 9.17) is 11.6 Å². The predicted molar refractivity (Wildman–Crippen MR) is 77.5 cm³/mol. The summed E-state index contributed by atoms with van der Waals surface area (Å²) in [4.78, 5) is 3.91. The first-order valence-electron chi connectivity index (χ1n) is 5.83. The number of aromatic nitrogens is 3. The molecule has 1 aromatic heterocycles. The standard InChI is InChI=1S/C12H13ClN4O2S/c13-11-3-1-10(2-4-11)6-8-20(18,19)16-7-5-12-14-9-15-17-12/h1-4,6,8-9,16H,5,7H2,(H,14,15,17). The first-order chi connectivity index (χ1) is 9.55. The molecule has 0 bridgehead atoms. The van der Waals surface area contributed by atoms with Crippen LogP contribution in [0.2, 0.25) is 5.02 Å². The number of nitrogens with zero attached hydrogens (tertiary/aromatic N) is 2. The quantitative estimate of drug-likeness (QED) is 0.848. The normalized spacial score (nSPS) is 12.1. The van der Waals surface area contributed by atoms with Crippen LogP contribution in [0.15, 0.2) is 36.0 Å². The van der Waals surface area contributed by atoms with E-state index in [2.05, 4.69) is 19.9 Å². The molecule has 0 aliphatic carbocycles. The number of rotatable bonds is 6. The van der Waals surface area contributed by atoms with Crippen LogP contribution in [0.25, 0.3) is 6.08 Å². The molecular weight excluding hydrogens is 300 g/mol. The molecule has 0 spiro atoms. The first-order valence-corrected chi connectivity index (χ1v) is 7.75. The summed E-state index contributed by atoms with van der Waals surface area (Å²) in [6, 6.07) is 6.88. The number of hydrogen-bond acceptors (Lipinski definition) is 4. The zero-order valence-electron chi connectivity index (χ0n) is 10.5. The third-order valence-corrected chi connectivity index (χ3v) is 3.79. The van der Waals surface area contributed by atoms with E-state index in [0.717, 1.165) is 11.0 Å². The van der Waals surface area contributed by atoms with Crippen molar-refractivity contribution in [3.8, 4) is 0 Å². The second-order valence-corrected chi connectivity index (χ2v) is 6.06. The Labute approximate surface area is 121 Å². The van der Waals surface area contributed by atoms with Gasteiger partial charge in [0.05, 0.1) is 0 Å². The number of benzene rings is 1. The topological polar surface area (TPSA) is 87.7 Å². The molecule has 0 amide bonds. The lowest BCUT2D eigenvalue weighted by Gasteiger charge is -2.01. The fraction of sp³-hybridized carbons (Fsp3) is 0.167. The summed E-state index contributed by atoms with van der Waals surface area (Å²) in [5.74, 6) is 0.634. The molecule has 0 atom stereocenters. The van der Waals surface area contributed by atoms with Gasteiger partial charge in [0.25, 0.3) is 0 Å². The fourth-order valence-corrected chi connectivity index (χ4v) is 2.40. The number of aromatic amines is 1.